The summed E-state index contributed by atoms with van der Waals surface area (Å²) in [6.45, 7) is 2.92. The van der Waals surface area contributed by atoms with Crippen LogP contribution < -0.4 is 0 Å². The predicted molar refractivity (Wildman–Crippen MR) is 71.0 cm³/mol. The second kappa shape index (κ2) is 5.23. The zero-order valence-corrected chi connectivity index (χ0v) is 11.3. The molecule has 4 heteroatoms. The van der Waals surface area contributed by atoms with Crippen LogP contribution in [0.1, 0.15) is 31.4 Å². The van der Waals surface area contributed by atoms with E-state index in [1.165, 1.54) is 5.56 Å². The fourth-order valence-corrected chi connectivity index (χ4v) is 3.22. The van der Waals surface area contributed by atoms with Crippen LogP contribution in [0, 0.1) is 0 Å². The minimum absolute atomic E-state index is 0.0826. The molecule has 88 valence electrons. The third-order valence-electron chi connectivity index (χ3n) is 3.17. The summed E-state index contributed by atoms with van der Waals surface area (Å²) in [7, 11) is 0. The fraction of sp³-hybridized carbons (Fsp3) is 0.583. The number of amides is 1. The van der Waals surface area contributed by atoms with Crippen LogP contribution in [-0.2, 0) is 4.79 Å². The van der Waals surface area contributed by atoms with E-state index in [-0.39, 0.29) is 5.25 Å². The molecule has 1 aliphatic heterocycles. The lowest BCUT2D eigenvalue weighted by Gasteiger charge is -2.26. The minimum atomic E-state index is 0.0826. The zero-order chi connectivity index (χ0) is 11.5. The summed E-state index contributed by atoms with van der Waals surface area (Å²) in [5.74, 6) is 0.293. The van der Waals surface area contributed by atoms with Gasteiger partial charge in [0.25, 0.3) is 0 Å². The van der Waals surface area contributed by atoms with Gasteiger partial charge in [-0.15, -0.1) is 0 Å². The van der Waals surface area contributed by atoms with Crippen molar-refractivity contribution in [2.45, 2.75) is 31.1 Å². The van der Waals surface area contributed by atoms with Crippen LogP contribution in [-0.4, -0.2) is 28.9 Å². The quantitative estimate of drug-likeness (QED) is 0.827. The monoisotopic (exact) mass is 255 g/mol. The number of hydrogen-bond acceptors (Lipinski definition) is 3. The molecule has 0 aliphatic carbocycles. The molecule has 16 heavy (non-hydrogen) atoms. The van der Waals surface area contributed by atoms with Crippen molar-refractivity contribution in [3.63, 3.8) is 0 Å². The van der Waals surface area contributed by atoms with Gasteiger partial charge in [-0.3, -0.25) is 4.79 Å². The van der Waals surface area contributed by atoms with E-state index in [0.29, 0.717) is 11.9 Å². The molecule has 1 fully saturated rings. The van der Waals surface area contributed by atoms with E-state index < -0.39 is 0 Å². The second-order valence-corrected chi connectivity index (χ2v) is 6.08. The molecular weight excluding hydrogens is 238 g/mol. The van der Waals surface area contributed by atoms with Gasteiger partial charge < -0.3 is 4.90 Å². The molecule has 0 radical (unpaired) electrons. The van der Waals surface area contributed by atoms with Gasteiger partial charge in [0.2, 0.25) is 5.91 Å². The van der Waals surface area contributed by atoms with E-state index in [9.17, 15) is 4.79 Å². The summed E-state index contributed by atoms with van der Waals surface area (Å²) in [6.07, 6.45) is 4.25. The molecular formula is C12H17NOS2. The molecule has 1 aromatic heterocycles. The molecule has 2 atom stereocenters. The lowest BCUT2D eigenvalue weighted by molar-refractivity contribution is -0.131. The largest absolute Gasteiger partial charge is 0.335 e. The van der Waals surface area contributed by atoms with E-state index in [4.69, 9.17) is 0 Å². The number of carbonyl (C=O) groups excluding carboxylic acids is 1. The van der Waals surface area contributed by atoms with E-state index in [2.05, 4.69) is 21.7 Å². The van der Waals surface area contributed by atoms with Crippen molar-refractivity contribution in [3.05, 3.63) is 22.4 Å². The number of carbonyl (C=O) groups is 1. The van der Waals surface area contributed by atoms with Gasteiger partial charge in [0.1, 0.15) is 0 Å². The van der Waals surface area contributed by atoms with Crippen LogP contribution in [0.4, 0.5) is 0 Å². The maximum atomic E-state index is 12.2. The van der Waals surface area contributed by atoms with E-state index in [1.807, 2.05) is 13.2 Å². The first kappa shape index (κ1) is 12.0. The van der Waals surface area contributed by atoms with Gasteiger partial charge in [0.15, 0.2) is 0 Å². The standard InChI is InChI=1S/C12H17NOS2/c1-9(15-2)12(14)13-6-3-4-11(13)10-5-7-16-8-10/h5,7-9,11H,3-4,6H2,1-2H3. The maximum Gasteiger partial charge on any atom is 0.235 e. The van der Waals surface area contributed by atoms with Crippen molar-refractivity contribution in [2.75, 3.05) is 12.8 Å². The molecule has 0 saturated carbocycles. The van der Waals surface area contributed by atoms with Crippen LogP contribution in [0.2, 0.25) is 0 Å². The number of likely N-dealkylation sites (tertiary alicyclic amines) is 1. The Kier molecular flexibility index (Phi) is 3.92. The highest BCUT2D eigenvalue weighted by molar-refractivity contribution is 7.99. The first-order chi connectivity index (χ1) is 7.74. The van der Waals surface area contributed by atoms with Crippen LogP contribution in [0.3, 0.4) is 0 Å². The molecule has 1 aliphatic rings. The van der Waals surface area contributed by atoms with Gasteiger partial charge in [-0.1, -0.05) is 0 Å². The molecule has 0 bridgehead atoms. The molecule has 0 spiro atoms. The Balaban J connectivity index is 2.12. The van der Waals surface area contributed by atoms with Crippen molar-refractivity contribution in [2.24, 2.45) is 0 Å². The molecule has 1 saturated heterocycles. The molecule has 2 unspecified atom stereocenters. The first-order valence-corrected chi connectivity index (χ1v) is 7.82. The lowest BCUT2D eigenvalue weighted by Crippen LogP contribution is -2.35. The maximum absolute atomic E-state index is 12.2. The summed E-state index contributed by atoms with van der Waals surface area (Å²) >= 11 is 3.34. The SMILES string of the molecule is CSC(C)C(=O)N1CCCC1c1ccsc1. The van der Waals surface area contributed by atoms with Gasteiger partial charge in [-0.2, -0.15) is 23.1 Å². The lowest BCUT2D eigenvalue weighted by atomic mass is 10.1. The van der Waals surface area contributed by atoms with Crippen LogP contribution in [0.5, 0.6) is 0 Å². The number of nitrogens with zero attached hydrogens (tertiary/aromatic N) is 1. The topological polar surface area (TPSA) is 20.3 Å². The average Bonchev–Trinajstić information content (AvgIpc) is 2.95. The number of thiophene rings is 1. The summed E-state index contributed by atoms with van der Waals surface area (Å²) in [4.78, 5) is 14.2. The Bertz CT molecular complexity index is 350. The summed E-state index contributed by atoms with van der Waals surface area (Å²) in [5, 5.41) is 4.34. The van der Waals surface area contributed by atoms with Crippen molar-refractivity contribution in [1.82, 2.24) is 4.90 Å². The Morgan fingerprint density at radius 3 is 3.12 bits per heavy atom. The van der Waals surface area contributed by atoms with Crippen molar-refractivity contribution in [1.29, 1.82) is 0 Å². The van der Waals surface area contributed by atoms with Crippen molar-refractivity contribution < 1.29 is 4.79 Å². The van der Waals surface area contributed by atoms with Crippen molar-refractivity contribution >= 4 is 29.0 Å². The normalized spacial score (nSPS) is 22.4. The van der Waals surface area contributed by atoms with Crippen LogP contribution in [0.15, 0.2) is 16.8 Å². The Morgan fingerprint density at radius 2 is 2.50 bits per heavy atom. The molecule has 0 aromatic carbocycles. The third-order valence-corrected chi connectivity index (χ3v) is 4.78. The van der Waals surface area contributed by atoms with E-state index in [0.717, 1.165) is 19.4 Å². The molecule has 2 nitrogen and oxygen atoms in total. The third kappa shape index (κ3) is 2.28. The zero-order valence-electron chi connectivity index (χ0n) is 9.68. The molecule has 0 N–H and O–H groups in total. The Morgan fingerprint density at radius 1 is 1.69 bits per heavy atom. The smallest absolute Gasteiger partial charge is 0.235 e. The first-order valence-electron chi connectivity index (χ1n) is 5.59. The highest BCUT2D eigenvalue weighted by atomic mass is 32.2. The highest BCUT2D eigenvalue weighted by Crippen LogP contribution is 2.34. The molecule has 1 amide bonds. The van der Waals surface area contributed by atoms with Gasteiger partial charge >= 0.3 is 0 Å². The molecule has 2 heterocycles. The second-order valence-electron chi connectivity index (χ2n) is 4.12. The Hall–Kier alpha value is -0.480. The fourth-order valence-electron chi connectivity index (χ4n) is 2.18. The number of thioether (sulfide) groups is 1. The number of hydrogen-bond donors (Lipinski definition) is 0. The van der Waals surface area contributed by atoms with Crippen LogP contribution >= 0.6 is 23.1 Å². The van der Waals surface area contributed by atoms with Gasteiger partial charge in [-0.25, -0.2) is 0 Å². The van der Waals surface area contributed by atoms with Crippen LogP contribution in [0.25, 0.3) is 0 Å². The molecule has 2 rings (SSSR count). The summed E-state index contributed by atoms with van der Waals surface area (Å²) in [5.41, 5.74) is 1.31. The molecule has 1 aromatic rings. The Labute approximate surface area is 105 Å². The predicted octanol–water partition coefficient (Wildman–Crippen LogP) is 3.16. The van der Waals surface area contributed by atoms with Gasteiger partial charge in [0, 0.05) is 6.54 Å². The van der Waals surface area contributed by atoms with Crippen molar-refractivity contribution in [3.8, 4) is 0 Å². The summed E-state index contributed by atoms with van der Waals surface area (Å²) < 4.78 is 0. The number of rotatable bonds is 3. The average molecular weight is 255 g/mol. The summed E-state index contributed by atoms with van der Waals surface area (Å²) in [6, 6.07) is 2.47. The van der Waals surface area contributed by atoms with Gasteiger partial charge in [-0.05, 0) is 48.4 Å². The van der Waals surface area contributed by atoms with E-state index >= 15 is 0 Å². The minimum Gasteiger partial charge on any atom is -0.335 e. The van der Waals surface area contributed by atoms with Gasteiger partial charge in [0.05, 0.1) is 11.3 Å². The highest BCUT2D eigenvalue weighted by Gasteiger charge is 2.32. The van der Waals surface area contributed by atoms with E-state index in [1.54, 1.807) is 23.1 Å².